The summed E-state index contributed by atoms with van der Waals surface area (Å²) in [5, 5.41) is 4.24. The maximum absolute atomic E-state index is 13.5. The summed E-state index contributed by atoms with van der Waals surface area (Å²) < 4.78 is 82.5. The van der Waals surface area contributed by atoms with Crippen LogP contribution in [0, 0.1) is 5.82 Å². The van der Waals surface area contributed by atoms with Crippen molar-refractivity contribution in [2.24, 2.45) is 0 Å². The zero-order chi connectivity index (χ0) is 24.6. The Labute approximate surface area is 194 Å². The number of H-pyrrole nitrogens is 1. The molecule has 4 rings (SSSR count). The summed E-state index contributed by atoms with van der Waals surface area (Å²) in [5.74, 6) is -2.74. The Morgan fingerprint density at radius 1 is 1.18 bits per heavy atom. The van der Waals surface area contributed by atoms with Crippen LogP contribution >= 0.6 is 11.6 Å². The van der Waals surface area contributed by atoms with Crippen LogP contribution in [0.1, 0.15) is 0 Å². The van der Waals surface area contributed by atoms with Gasteiger partial charge in [0, 0.05) is 11.6 Å². The van der Waals surface area contributed by atoms with Crippen LogP contribution < -0.4 is 18.9 Å². The number of sulfonamides is 1. The van der Waals surface area contributed by atoms with Gasteiger partial charge in [-0.2, -0.15) is 23.8 Å². The van der Waals surface area contributed by atoms with Crippen molar-refractivity contribution >= 4 is 38.5 Å². The third kappa shape index (κ3) is 4.26. The predicted octanol–water partition coefficient (Wildman–Crippen LogP) is 3.36. The molecule has 4 aromatic rings. The van der Waals surface area contributed by atoms with E-state index in [2.05, 4.69) is 29.5 Å². The SMILES string of the molecule is COc1nc(NS(=O)(=O)c2c[nH]c3c(-n4cc(F)cn4)c(Cl)ccc23)nc(OC)c1OC(F)F. The van der Waals surface area contributed by atoms with Crippen LogP contribution in [-0.2, 0) is 10.0 Å². The molecule has 0 spiro atoms. The molecular formula is C18H14ClF3N6O5S. The summed E-state index contributed by atoms with van der Waals surface area (Å²) in [6.45, 7) is -3.23. The molecule has 180 valence electrons. The zero-order valence-electron chi connectivity index (χ0n) is 17.2. The molecule has 0 bridgehead atoms. The van der Waals surface area contributed by atoms with Gasteiger partial charge in [-0.1, -0.05) is 11.6 Å². The largest absolute Gasteiger partial charge is 0.478 e. The Morgan fingerprint density at radius 3 is 2.41 bits per heavy atom. The average molecular weight is 519 g/mol. The van der Waals surface area contributed by atoms with Gasteiger partial charge >= 0.3 is 6.61 Å². The van der Waals surface area contributed by atoms with Crippen molar-refractivity contribution in [1.29, 1.82) is 0 Å². The van der Waals surface area contributed by atoms with Crippen molar-refractivity contribution < 1.29 is 35.8 Å². The number of anilines is 1. The smallest absolute Gasteiger partial charge is 0.387 e. The van der Waals surface area contributed by atoms with E-state index in [1.165, 1.54) is 18.3 Å². The molecule has 0 aliphatic heterocycles. The van der Waals surface area contributed by atoms with E-state index in [-0.39, 0.29) is 26.5 Å². The number of benzene rings is 1. The van der Waals surface area contributed by atoms with E-state index < -0.39 is 45.9 Å². The second kappa shape index (κ2) is 8.90. The summed E-state index contributed by atoms with van der Waals surface area (Å²) in [6, 6.07) is 2.86. The first-order chi connectivity index (χ1) is 16.1. The molecule has 0 radical (unpaired) electrons. The Kier molecular flexibility index (Phi) is 6.14. The highest BCUT2D eigenvalue weighted by atomic mass is 35.5. The molecule has 0 aliphatic rings. The number of nitrogens with one attached hydrogen (secondary N) is 2. The molecule has 0 fully saturated rings. The number of aromatic amines is 1. The molecule has 16 heteroatoms. The van der Waals surface area contributed by atoms with Crippen LogP contribution in [0.2, 0.25) is 5.02 Å². The van der Waals surface area contributed by atoms with Gasteiger partial charge in [0.05, 0.1) is 37.2 Å². The number of aromatic nitrogens is 5. The maximum Gasteiger partial charge on any atom is 0.387 e. The lowest BCUT2D eigenvalue weighted by atomic mass is 10.2. The molecule has 11 nitrogen and oxygen atoms in total. The van der Waals surface area contributed by atoms with Crippen molar-refractivity contribution in [2.75, 3.05) is 18.9 Å². The Balaban J connectivity index is 1.77. The van der Waals surface area contributed by atoms with Crippen LogP contribution in [0.15, 0.2) is 35.6 Å². The first-order valence-corrected chi connectivity index (χ1v) is 11.0. The molecule has 3 heterocycles. The third-order valence-electron chi connectivity index (χ3n) is 4.43. The molecule has 34 heavy (non-hydrogen) atoms. The fourth-order valence-corrected chi connectivity index (χ4v) is 4.46. The average Bonchev–Trinajstić information content (AvgIpc) is 3.40. The Hall–Kier alpha value is -3.72. The zero-order valence-corrected chi connectivity index (χ0v) is 18.8. The first kappa shape index (κ1) is 23.4. The minimum atomic E-state index is -4.34. The number of ether oxygens (including phenoxy) is 3. The number of alkyl halides is 2. The summed E-state index contributed by atoms with van der Waals surface area (Å²) in [4.78, 5) is 10.1. The monoisotopic (exact) mass is 518 g/mol. The van der Waals surface area contributed by atoms with Gasteiger partial charge in [-0.05, 0) is 12.1 Å². The number of fused-ring (bicyclic) bond motifs is 1. The topological polar surface area (TPSA) is 133 Å². The van der Waals surface area contributed by atoms with Gasteiger partial charge in [-0.15, -0.1) is 0 Å². The van der Waals surface area contributed by atoms with Crippen LogP contribution in [0.25, 0.3) is 16.6 Å². The minimum Gasteiger partial charge on any atom is -0.478 e. The van der Waals surface area contributed by atoms with E-state index in [4.69, 9.17) is 21.1 Å². The normalized spacial score (nSPS) is 11.7. The number of hydrogen-bond acceptors (Lipinski definition) is 8. The fourth-order valence-electron chi connectivity index (χ4n) is 3.10. The van der Waals surface area contributed by atoms with Crippen molar-refractivity contribution in [2.45, 2.75) is 11.5 Å². The van der Waals surface area contributed by atoms with E-state index in [0.717, 1.165) is 31.3 Å². The van der Waals surface area contributed by atoms with Gasteiger partial charge in [0.2, 0.25) is 11.7 Å². The number of rotatable bonds is 8. The van der Waals surface area contributed by atoms with E-state index in [0.29, 0.717) is 0 Å². The van der Waals surface area contributed by atoms with E-state index in [1.807, 2.05) is 0 Å². The standard InChI is InChI=1S/C18H14ClF3N6O5S/c1-31-15-14(33-17(21)22)16(32-2)26-18(25-15)27-34(29,30)11-6-23-12-9(11)3-4-10(19)13(12)28-7-8(20)5-24-28/h3-7,17,23H,1-2H3,(H,25,26,27). The Morgan fingerprint density at radius 2 is 1.85 bits per heavy atom. The summed E-state index contributed by atoms with van der Waals surface area (Å²) in [5.41, 5.74) is 0.477. The lowest BCUT2D eigenvalue weighted by molar-refractivity contribution is -0.0533. The number of halogens is 4. The van der Waals surface area contributed by atoms with Gasteiger partial charge in [0.15, 0.2) is 5.82 Å². The molecule has 0 aliphatic carbocycles. The lowest BCUT2D eigenvalue weighted by Gasteiger charge is -2.14. The molecule has 0 amide bonds. The van der Waals surface area contributed by atoms with Crippen molar-refractivity contribution in [1.82, 2.24) is 24.7 Å². The van der Waals surface area contributed by atoms with E-state index in [9.17, 15) is 21.6 Å². The Bertz CT molecular complexity index is 1450. The van der Waals surface area contributed by atoms with Gasteiger partial charge in [0.1, 0.15) is 10.6 Å². The van der Waals surface area contributed by atoms with Crippen LogP contribution in [0.3, 0.4) is 0 Å². The molecule has 1 aromatic carbocycles. The van der Waals surface area contributed by atoms with Crippen molar-refractivity contribution in [3.8, 4) is 23.2 Å². The first-order valence-electron chi connectivity index (χ1n) is 9.12. The molecular weight excluding hydrogens is 505 g/mol. The summed E-state index contributed by atoms with van der Waals surface area (Å²) in [6.07, 6.45) is 3.22. The number of hydrogen-bond donors (Lipinski definition) is 2. The van der Waals surface area contributed by atoms with Gasteiger partial charge in [-0.3, -0.25) is 0 Å². The second-order valence-electron chi connectivity index (χ2n) is 6.45. The summed E-state index contributed by atoms with van der Waals surface area (Å²) >= 11 is 6.24. The number of nitrogens with zero attached hydrogens (tertiary/aromatic N) is 4. The fraction of sp³-hybridized carbons (Fsp3) is 0.167. The van der Waals surface area contributed by atoms with E-state index >= 15 is 0 Å². The predicted molar refractivity (Wildman–Crippen MR) is 113 cm³/mol. The minimum absolute atomic E-state index is 0.182. The molecule has 0 atom stereocenters. The van der Waals surface area contributed by atoms with Gasteiger partial charge in [-0.25, -0.2) is 22.2 Å². The van der Waals surface area contributed by atoms with Gasteiger partial charge < -0.3 is 19.2 Å². The molecule has 0 saturated heterocycles. The lowest BCUT2D eigenvalue weighted by Crippen LogP contribution is -2.16. The van der Waals surface area contributed by atoms with Crippen LogP contribution in [0.4, 0.5) is 19.1 Å². The summed E-state index contributed by atoms with van der Waals surface area (Å²) in [7, 11) is -2.12. The molecule has 0 saturated carbocycles. The van der Waals surface area contributed by atoms with Crippen LogP contribution in [-0.4, -0.2) is 54.0 Å². The third-order valence-corrected chi connectivity index (χ3v) is 6.11. The van der Waals surface area contributed by atoms with Crippen molar-refractivity contribution in [3.05, 3.63) is 41.6 Å². The van der Waals surface area contributed by atoms with Crippen LogP contribution in [0.5, 0.6) is 17.5 Å². The van der Waals surface area contributed by atoms with Gasteiger partial charge in [0.25, 0.3) is 21.8 Å². The van der Waals surface area contributed by atoms with E-state index in [1.54, 1.807) is 0 Å². The second-order valence-corrected chi connectivity index (χ2v) is 8.51. The highest BCUT2D eigenvalue weighted by molar-refractivity contribution is 7.93. The highest BCUT2D eigenvalue weighted by Gasteiger charge is 2.26. The van der Waals surface area contributed by atoms with Crippen molar-refractivity contribution in [3.63, 3.8) is 0 Å². The highest BCUT2D eigenvalue weighted by Crippen LogP contribution is 2.37. The molecule has 0 unspecified atom stereocenters. The number of methoxy groups -OCH3 is 2. The quantitative estimate of drug-likeness (QED) is 0.363. The molecule has 2 N–H and O–H groups in total. The maximum atomic E-state index is 13.5. The molecule has 3 aromatic heterocycles.